The van der Waals surface area contributed by atoms with E-state index in [2.05, 4.69) is 17.1 Å². The van der Waals surface area contributed by atoms with Gasteiger partial charge in [-0.2, -0.15) is 0 Å². The van der Waals surface area contributed by atoms with Gasteiger partial charge in [-0.05, 0) is 44.1 Å². The molecule has 2 saturated carbocycles. The molecule has 17 heavy (non-hydrogen) atoms. The van der Waals surface area contributed by atoms with E-state index in [0.717, 1.165) is 31.5 Å². The van der Waals surface area contributed by atoms with Crippen molar-refractivity contribution in [1.82, 2.24) is 10.2 Å². The van der Waals surface area contributed by atoms with Gasteiger partial charge < -0.3 is 10.1 Å². The van der Waals surface area contributed by atoms with E-state index in [-0.39, 0.29) is 0 Å². The van der Waals surface area contributed by atoms with Gasteiger partial charge in [0, 0.05) is 32.8 Å². The van der Waals surface area contributed by atoms with E-state index in [4.69, 9.17) is 4.74 Å². The van der Waals surface area contributed by atoms with Crippen molar-refractivity contribution in [3.8, 4) is 0 Å². The predicted octanol–water partition coefficient (Wildman–Crippen LogP) is 1.73. The van der Waals surface area contributed by atoms with E-state index in [1.54, 1.807) is 0 Å². The average molecular weight is 240 g/mol. The third-order valence-electron chi connectivity index (χ3n) is 3.88. The molecule has 100 valence electrons. The fourth-order valence-electron chi connectivity index (χ4n) is 2.43. The Hall–Kier alpha value is -0.120. The fourth-order valence-corrected chi connectivity index (χ4v) is 2.43. The topological polar surface area (TPSA) is 24.5 Å². The monoisotopic (exact) mass is 240 g/mol. The summed E-state index contributed by atoms with van der Waals surface area (Å²) in [5.41, 5.74) is 0. The second-order valence-corrected chi connectivity index (χ2v) is 5.76. The lowest BCUT2D eigenvalue weighted by molar-refractivity contribution is 0.0829. The minimum absolute atomic E-state index is 0.571. The quantitative estimate of drug-likeness (QED) is 0.629. The molecule has 0 heterocycles. The van der Waals surface area contributed by atoms with Crippen molar-refractivity contribution in [3.63, 3.8) is 0 Å². The molecule has 2 aliphatic rings. The number of likely N-dealkylation sites (N-methyl/N-ethyl adjacent to an activating group) is 1. The lowest BCUT2D eigenvalue weighted by atomic mass is 10.2. The van der Waals surface area contributed by atoms with Gasteiger partial charge in [-0.25, -0.2) is 0 Å². The van der Waals surface area contributed by atoms with E-state index in [0.29, 0.717) is 6.04 Å². The number of ether oxygens (including phenoxy) is 1. The van der Waals surface area contributed by atoms with Gasteiger partial charge in [0.15, 0.2) is 0 Å². The van der Waals surface area contributed by atoms with E-state index >= 15 is 0 Å². The van der Waals surface area contributed by atoms with Gasteiger partial charge in [-0.1, -0.05) is 6.92 Å². The van der Waals surface area contributed by atoms with Gasteiger partial charge in [0.25, 0.3) is 0 Å². The van der Waals surface area contributed by atoms with Crippen molar-refractivity contribution in [2.45, 2.75) is 38.6 Å². The number of nitrogens with one attached hydrogen (secondary N) is 1. The highest BCUT2D eigenvalue weighted by molar-refractivity contribution is 4.86. The second-order valence-electron chi connectivity index (χ2n) is 5.76. The molecule has 0 amide bonds. The Morgan fingerprint density at radius 2 is 1.76 bits per heavy atom. The number of methoxy groups -OCH3 is 1. The summed E-state index contributed by atoms with van der Waals surface area (Å²) in [6.07, 6.45) is 5.79. The van der Waals surface area contributed by atoms with Crippen LogP contribution in [0.2, 0.25) is 0 Å². The number of nitrogens with zero attached hydrogens (tertiary/aromatic N) is 1. The maximum atomic E-state index is 5.40. The van der Waals surface area contributed by atoms with Crippen molar-refractivity contribution in [1.29, 1.82) is 0 Å². The highest BCUT2D eigenvalue weighted by atomic mass is 16.5. The van der Waals surface area contributed by atoms with Crippen LogP contribution in [0, 0.1) is 11.8 Å². The maximum Gasteiger partial charge on any atom is 0.0630 e. The molecule has 0 saturated heterocycles. The Kier molecular flexibility index (Phi) is 5.26. The van der Waals surface area contributed by atoms with Crippen LogP contribution in [0.4, 0.5) is 0 Å². The maximum absolute atomic E-state index is 5.40. The standard InChI is InChI=1S/C14H28N2O/c1-3-15-8-14(11-17-2)16(9-12-4-5-12)10-13-6-7-13/h12-15H,3-11H2,1-2H3. The van der Waals surface area contributed by atoms with Gasteiger partial charge in [0.05, 0.1) is 6.61 Å². The molecule has 2 aliphatic carbocycles. The summed E-state index contributed by atoms with van der Waals surface area (Å²) in [5.74, 6) is 1.96. The van der Waals surface area contributed by atoms with Gasteiger partial charge in [-0.3, -0.25) is 4.90 Å². The van der Waals surface area contributed by atoms with Crippen LogP contribution in [-0.4, -0.2) is 50.8 Å². The van der Waals surface area contributed by atoms with Crippen LogP contribution in [0.15, 0.2) is 0 Å². The largest absolute Gasteiger partial charge is 0.383 e. The minimum Gasteiger partial charge on any atom is -0.383 e. The van der Waals surface area contributed by atoms with E-state index in [9.17, 15) is 0 Å². The van der Waals surface area contributed by atoms with E-state index < -0.39 is 0 Å². The molecular formula is C14H28N2O. The summed E-state index contributed by atoms with van der Waals surface area (Å²) >= 11 is 0. The molecule has 1 N–H and O–H groups in total. The van der Waals surface area contributed by atoms with Crippen molar-refractivity contribution in [2.75, 3.05) is 39.9 Å². The third kappa shape index (κ3) is 4.94. The smallest absolute Gasteiger partial charge is 0.0630 e. The molecule has 0 spiro atoms. The Labute approximate surface area is 106 Å². The Balaban J connectivity index is 1.82. The number of rotatable bonds is 10. The third-order valence-corrected chi connectivity index (χ3v) is 3.88. The zero-order chi connectivity index (χ0) is 12.1. The minimum atomic E-state index is 0.571. The molecule has 0 aliphatic heterocycles. The summed E-state index contributed by atoms with van der Waals surface area (Å²) in [4.78, 5) is 2.70. The van der Waals surface area contributed by atoms with Gasteiger partial charge in [-0.15, -0.1) is 0 Å². The lowest BCUT2D eigenvalue weighted by Crippen LogP contribution is -2.47. The Morgan fingerprint density at radius 1 is 1.18 bits per heavy atom. The molecule has 0 bridgehead atoms. The zero-order valence-corrected chi connectivity index (χ0v) is 11.5. The predicted molar refractivity (Wildman–Crippen MR) is 71.2 cm³/mol. The summed E-state index contributed by atoms with van der Waals surface area (Å²) in [6, 6.07) is 0.571. The molecule has 2 rings (SSSR count). The summed E-state index contributed by atoms with van der Waals surface area (Å²) in [7, 11) is 1.82. The molecule has 0 aromatic rings. The van der Waals surface area contributed by atoms with Crippen LogP contribution in [0.3, 0.4) is 0 Å². The Morgan fingerprint density at radius 3 is 2.18 bits per heavy atom. The molecule has 0 radical (unpaired) electrons. The van der Waals surface area contributed by atoms with E-state index in [1.165, 1.54) is 38.8 Å². The van der Waals surface area contributed by atoms with Crippen molar-refractivity contribution >= 4 is 0 Å². The molecular weight excluding hydrogens is 212 g/mol. The first-order valence-electron chi connectivity index (χ1n) is 7.27. The Bertz CT molecular complexity index is 200. The van der Waals surface area contributed by atoms with Crippen LogP contribution in [0.5, 0.6) is 0 Å². The lowest BCUT2D eigenvalue weighted by Gasteiger charge is -2.31. The second kappa shape index (κ2) is 6.72. The summed E-state index contributed by atoms with van der Waals surface area (Å²) < 4.78 is 5.40. The van der Waals surface area contributed by atoms with Crippen molar-refractivity contribution in [2.24, 2.45) is 11.8 Å². The summed E-state index contributed by atoms with van der Waals surface area (Å²) in [5, 5.41) is 3.48. The zero-order valence-electron chi connectivity index (χ0n) is 11.5. The van der Waals surface area contributed by atoms with Crippen molar-refractivity contribution < 1.29 is 4.74 Å². The molecule has 0 aromatic heterocycles. The summed E-state index contributed by atoms with van der Waals surface area (Å²) in [6.45, 7) is 7.78. The fraction of sp³-hybridized carbons (Fsp3) is 1.00. The normalized spacial score (nSPS) is 22.1. The van der Waals surface area contributed by atoms with Gasteiger partial charge in [0.1, 0.15) is 0 Å². The molecule has 2 fully saturated rings. The highest BCUT2D eigenvalue weighted by Crippen LogP contribution is 2.34. The van der Waals surface area contributed by atoms with Crippen LogP contribution < -0.4 is 5.32 Å². The van der Waals surface area contributed by atoms with E-state index in [1.807, 2.05) is 7.11 Å². The van der Waals surface area contributed by atoms with Crippen LogP contribution in [0.1, 0.15) is 32.6 Å². The molecule has 3 heteroatoms. The average Bonchev–Trinajstić information content (AvgIpc) is 3.18. The number of hydrogen-bond donors (Lipinski definition) is 1. The first kappa shape index (κ1) is 13.3. The molecule has 3 nitrogen and oxygen atoms in total. The first-order chi connectivity index (χ1) is 8.33. The van der Waals surface area contributed by atoms with Gasteiger partial charge >= 0.3 is 0 Å². The molecule has 1 atom stereocenters. The molecule has 0 aromatic carbocycles. The SMILES string of the molecule is CCNCC(COC)N(CC1CC1)CC1CC1. The van der Waals surface area contributed by atoms with Crippen LogP contribution in [0.25, 0.3) is 0 Å². The van der Waals surface area contributed by atoms with Crippen LogP contribution in [-0.2, 0) is 4.74 Å². The molecule has 1 unspecified atom stereocenters. The number of hydrogen-bond acceptors (Lipinski definition) is 3. The van der Waals surface area contributed by atoms with Crippen LogP contribution >= 0.6 is 0 Å². The van der Waals surface area contributed by atoms with Gasteiger partial charge in [0.2, 0.25) is 0 Å². The first-order valence-corrected chi connectivity index (χ1v) is 7.27. The highest BCUT2D eigenvalue weighted by Gasteiger charge is 2.32. The van der Waals surface area contributed by atoms with Crippen molar-refractivity contribution in [3.05, 3.63) is 0 Å².